The fourth-order valence-electron chi connectivity index (χ4n) is 1.16. The third-order valence-corrected chi connectivity index (χ3v) is 3.21. The van der Waals surface area contributed by atoms with Gasteiger partial charge in [-0.1, -0.05) is 0 Å². The number of amides is 2. The summed E-state index contributed by atoms with van der Waals surface area (Å²) in [6, 6.07) is -1.46. The lowest BCUT2D eigenvalue weighted by Crippen LogP contribution is -2.50. The molecule has 0 spiro atoms. The van der Waals surface area contributed by atoms with Gasteiger partial charge in [0.15, 0.2) is 0 Å². The van der Waals surface area contributed by atoms with Gasteiger partial charge in [-0.2, -0.15) is 0 Å². The Balaban J connectivity index is 2.59. The fourth-order valence-corrected chi connectivity index (χ4v) is 1.88. The molecule has 1 atom stereocenters. The number of carbonyl (C=O) groups is 2. The molecule has 1 rings (SSSR count). The van der Waals surface area contributed by atoms with Crippen LogP contribution in [0.5, 0.6) is 0 Å². The van der Waals surface area contributed by atoms with Gasteiger partial charge in [0, 0.05) is 11.6 Å². The highest BCUT2D eigenvalue weighted by molar-refractivity contribution is 7.09. The summed E-state index contributed by atoms with van der Waals surface area (Å²) in [7, 11) is 0. The minimum atomic E-state index is -1.08. The number of carboxylic acid groups (broad SMARTS) is 1. The smallest absolute Gasteiger partial charge is 0.325 e. The number of nitrogens with one attached hydrogen (secondary N) is 2. The molecule has 1 aromatic rings. The van der Waals surface area contributed by atoms with Crippen LogP contribution in [0.4, 0.5) is 4.79 Å². The van der Waals surface area contributed by atoms with Crippen molar-refractivity contribution in [2.45, 2.75) is 32.4 Å². The first-order valence-corrected chi connectivity index (χ1v) is 5.92. The molecule has 1 heterocycles. The number of aliphatic carboxylic acids is 1. The lowest BCUT2D eigenvalue weighted by molar-refractivity contribution is -0.138. The predicted octanol–water partition coefficient (Wildman–Crippen LogP) is 1.15. The number of aromatic nitrogens is 1. The molecular weight excluding hydrogens is 242 g/mol. The molecule has 0 aliphatic heterocycles. The number of carbonyl (C=O) groups excluding carboxylic acids is 1. The standard InChI is InChI=1S/C10H15N3O3S/c1-6(7(14)15)12-9(16)13-10(2,3)8-11-4-5-17-8/h4-6H,1-3H3,(H,14,15)(H2,12,13,16)/t6-/m0/s1. The van der Waals surface area contributed by atoms with Crippen molar-refractivity contribution >= 4 is 23.3 Å². The number of rotatable bonds is 4. The number of hydrogen-bond acceptors (Lipinski definition) is 4. The van der Waals surface area contributed by atoms with Gasteiger partial charge in [0.25, 0.3) is 0 Å². The Bertz CT molecular complexity index is 403. The fraction of sp³-hybridized carbons (Fsp3) is 0.500. The molecular formula is C10H15N3O3S. The Labute approximate surface area is 103 Å². The van der Waals surface area contributed by atoms with Crippen molar-refractivity contribution in [2.24, 2.45) is 0 Å². The van der Waals surface area contributed by atoms with E-state index >= 15 is 0 Å². The molecule has 0 aromatic carbocycles. The van der Waals surface area contributed by atoms with Crippen molar-refractivity contribution < 1.29 is 14.7 Å². The van der Waals surface area contributed by atoms with Crippen LogP contribution in [0.25, 0.3) is 0 Å². The van der Waals surface area contributed by atoms with Gasteiger partial charge in [-0.25, -0.2) is 9.78 Å². The first kappa shape index (κ1) is 13.4. The summed E-state index contributed by atoms with van der Waals surface area (Å²) in [6.07, 6.45) is 1.65. The first-order valence-electron chi connectivity index (χ1n) is 5.04. The zero-order chi connectivity index (χ0) is 13.1. The Morgan fingerprint density at radius 1 is 1.53 bits per heavy atom. The molecule has 1 aromatic heterocycles. The van der Waals surface area contributed by atoms with E-state index in [0.29, 0.717) is 0 Å². The summed E-state index contributed by atoms with van der Waals surface area (Å²) < 4.78 is 0. The second kappa shape index (κ2) is 5.13. The van der Waals surface area contributed by atoms with E-state index in [0.717, 1.165) is 5.01 Å². The molecule has 0 radical (unpaired) electrons. The minimum absolute atomic E-state index is 0.528. The van der Waals surface area contributed by atoms with E-state index in [-0.39, 0.29) is 0 Å². The summed E-state index contributed by atoms with van der Waals surface area (Å²) in [5.74, 6) is -1.08. The average Bonchev–Trinajstić information content (AvgIpc) is 2.69. The third-order valence-electron chi connectivity index (χ3n) is 2.11. The van der Waals surface area contributed by atoms with E-state index in [2.05, 4.69) is 15.6 Å². The quantitative estimate of drug-likeness (QED) is 0.754. The van der Waals surface area contributed by atoms with Crippen molar-refractivity contribution in [3.63, 3.8) is 0 Å². The summed E-state index contributed by atoms with van der Waals surface area (Å²) in [5, 5.41) is 16.2. The van der Waals surface area contributed by atoms with E-state index in [4.69, 9.17) is 5.11 Å². The van der Waals surface area contributed by atoms with Crippen LogP contribution in [-0.2, 0) is 10.3 Å². The highest BCUT2D eigenvalue weighted by Crippen LogP contribution is 2.21. The van der Waals surface area contributed by atoms with E-state index < -0.39 is 23.6 Å². The molecule has 94 valence electrons. The molecule has 0 aliphatic rings. The normalized spacial score (nSPS) is 12.9. The van der Waals surface area contributed by atoms with Crippen LogP contribution in [0, 0.1) is 0 Å². The lowest BCUT2D eigenvalue weighted by atomic mass is 10.1. The Morgan fingerprint density at radius 2 is 2.18 bits per heavy atom. The SMILES string of the molecule is C[C@H](NC(=O)NC(C)(C)c1nccs1)C(=O)O. The number of carboxylic acids is 1. The van der Waals surface area contributed by atoms with Gasteiger partial charge >= 0.3 is 12.0 Å². The molecule has 0 saturated carbocycles. The molecule has 7 heteroatoms. The largest absolute Gasteiger partial charge is 0.480 e. The van der Waals surface area contributed by atoms with Crippen molar-refractivity contribution in [3.8, 4) is 0 Å². The van der Waals surface area contributed by atoms with Crippen LogP contribution in [0.15, 0.2) is 11.6 Å². The molecule has 0 unspecified atom stereocenters. The van der Waals surface area contributed by atoms with Crippen molar-refractivity contribution in [1.29, 1.82) is 0 Å². The Hall–Kier alpha value is -1.63. The molecule has 0 bridgehead atoms. The van der Waals surface area contributed by atoms with Crippen molar-refractivity contribution in [1.82, 2.24) is 15.6 Å². The molecule has 2 amide bonds. The second-order valence-corrected chi connectivity index (χ2v) is 5.02. The Kier molecular flexibility index (Phi) is 4.06. The van der Waals surface area contributed by atoms with Crippen LogP contribution >= 0.6 is 11.3 Å². The van der Waals surface area contributed by atoms with Gasteiger partial charge in [-0.3, -0.25) is 4.79 Å². The lowest BCUT2D eigenvalue weighted by Gasteiger charge is -2.24. The predicted molar refractivity (Wildman–Crippen MR) is 63.9 cm³/mol. The van der Waals surface area contributed by atoms with Gasteiger partial charge in [-0.05, 0) is 20.8 Å². The van der Waals surface area contributed by atoms with Crippen molar-refractivity contribution in [2.75, 3.05) is 0 Å². The molecule has 0 fully saturated rings. The third kappa shape index (κ3) is 3.70. The van der Waals surface area contributed by atoms with Gasteiger partial charge < -0.3 is 15.7 Å². The summed E-state index contributed by atoms with van der Waals surface area (Å²) in [5.41, 5.74) is -0.628. The van der Waals surface area contributed by atoms with Crippen LogP contribution < -0.4 is 10.6 Å². The van der Waals surface area contributed by atoms with Gasteiger partial charge in [0.05, 0.1) is 5.54 Å². The molecule has 0 saturated heterocycles. The molecule has 6 nitrogen and oxygen atoms in total. The number of nitrogens with zero attached hydrogens (tertiary/aromatic N) is 1. The maximum absolute atomic E-state index is 11.6. The summed E-state index contributed by atoms with van der Waals surface area (Å²) >= 11 is 1.43. The zero-order valence-corrected chi connectivity index (χ0v) is 10.7. The number of thiazole rings is 1. The molecule has 17 heavy (non-hydrogen) atoms. The van der Waals surface area contributed by atoms with E-state index in [9.17, 15) is 9.59 Å². The second-order valence-electron chi connectivity index (χ2n) is 4.12. The number of urea groups is 1. The molecule has 3 N–H and O–H groups in total. The zero-order valence-electron chi connectivity index (χ0n) is 9.85. The highest BCUT2D eigenvalue weighted by atomic mass is 32.1. The van der Waals surface area contributed by atoms with E-state index in [1.54, 1.807) is 20.0 Å². The molecule has 0 aliphatic carbocycles. The number of hydrogen-bond donors (Lipinski definition) is 3. The maximum atomic E-state index is 11.6. The van der Waals surface area contributed by atoms with Crippen LogP contribution in [0.1, 0.15) is 25.8 Å². The summed E-state index contributed by atoms with van der Waals surface area (Å²) in [6.45, 7) is 5.01. The Morgan fingerprint density at radius 3 is 2.65 bits per heavy atom. The first-order chi connectivity index (χ1) is 7.83. The van der Waals surface area contributed by atoms with Gasteiger partial charge in [0.2, 0.25) is 0 Å². The topological polar surface area (TPSA) is 91.3 Å². The van der Waals surface area contributed by atoms with E-state index in [1.165, 1.54) is 18.3 Å². The van der Waals surface area contributed by atoms with E-state index in [1.807, 2.05) is 5.38 Å². The van der Waals surface area contributed by atoms with Crippen LogP contribution in [0.2, 0.25) is 0 Å². The minimum Gasteiger partial charge on any atom is -0.480 e. The maximum Gasteiger partial charge on any atom is 0.325 e. The average molecular weight is 257 g/mol. The summed E-state index contributed by atoms with van der Waals surface area (Å²) in [4.78, 5) is 26.3. The highest BCUT2D eigenvalue weighted by Gasteiger charge is 2.26. The van der Waals surface area contributed by atoms with Crippen LogP contribution in [0.3, 0.4) is 0 Å². The van der Waals surface area contributed by atoms with Crippen LogP contribution in [-0.4, -0.2) is 28.1 Å². The van der Waals surface area contributed by atoms with Gasteiger partial charge in [0.1, 0.15) is 11.0 Å². The monoisotopic (exact) mass is 257 g/mol. The van der Waals surface area contributed by atoms with Crippen molar-refractivity contribution in [3.05, 3.63) is 16.6 Å². The van der Waals surface area contributed by atoms with Gasteiger partial charge in [-0.15, -0.1) is 11.3 Å².